The van der Waals surface area contributed by atoms with Gasteiger partial charge in [-0.2, -0.15) is 0 Å². The molecule has 476 valence electrons. The summed E-state index contributed by atoms with van der Waals surface area (Å²) in [4.78, 5) is 97.3. The van der Waals surface area contributed by atoms with Crippen LogP contribution >= 0.6 is 98.4 Å². The number of amides is 2. The van der Waals surface area contributed by atoms with Gasteiger partial charge in [-0.1, -0.05) is 104 Å². The number of carboxylic acid groups (broad SMARTS) is 1. The van der Waals surface area contributed by atoms with E-state index in [0.717, 1.165) is 25.7 Å². The number of carboxylic acids is 1. The van der Waals surface area contributed by atoms with Crippen molar-refractivity contribution in [2.45, 2.75) is 144 Å². The summed E-state index contributed by atoms with van der Waals surface area (Å²) in [6.45, 7) is 22.4. The Morgan fingerprint density at radius 1 is 0.635 bits per heavy atom. The van der Waals surface area contributed by atoms with E-state index in [1.54, 1.807) is 72.8 Å². The third-order valence-corrected chi connectivity index (χ3v) is 20.3. The normalized spacial score (nSPS) is 34.8. The van der Waals surface area contributed by atoms with Gasteiger partial charge in [0.15, 0.2) is 6.61 Å². The van der Waals surface area contributed by atoms with E-state index < -0.39 is 95.6 Å². The van der Waals surface area contributed by atoms with Crippen LogP contribution in [0.2, 0.25) is 0 Å². The molecule has 6 aliphatic rings. The Morgan fingerprint density at radius 3 is 1.35 bits per heavy atom. The summed E-state index contributed by atoms with van der Waals surface area (Å²) in [5.74, 6) is -3.81. The van der Waals surface area contributed by atoms with Gasteiger partial charge >= 0.3 is 74.4 Å². The SMILES string of the molecule is C=C[C@]1(C)C[C@@H](OC(=O)CO)[C@]2(C)CC[C@@H](C)[C@@]3(CCC(=O)[C@@H]23)[C@@H](C)[C@@H]1O.C=C[C@]1(C)C[C@@H](OC(=O)COC(=O)CNC(=O)c2ccccc2)[C@]2(C)CC[C@@H](C)[C@@]3(CCC(=O)[C@@H]23)[C@@H](C)[C@@H]1O.I.II.I[I-]I.O=C(O)CNC(=O)c1ccccc1. The molecule has 0 saturated heterocycles. The standard InChI is InChI=1S/C31H41NO7.C22H34O5.C9H9NO3.I3.I2.HI/c1-6-29(4)16-23(39-25(35)18-38-24(34)17-32-28(37)21-10-8-7-9-11-21)30(5)14-12-19(2)31(20(3)27(29)36)15-13-22(33)26(30)31;1-6-20(4)11-16(27-17(25)12-23)21(5)9-7-13(2)22(14(3)19(20)26)10-8-15(24)18(21)22;11-8(12)6-10-9(13)7-4-2-1-3-5-7;1-3-2;1-2;/h6-11,19-20,23,26-27,36H,1,12-18H2,2-5H3,(H,32,37);6,13-14,16,18-19,23,26H,1,7-12H2,2-5H3;1-5H,6H2,(H,10,13)(H,11,12);;;1H/q;;;-1;;/t19-,20+,23-,26+,27+,29-,30+,31+;13-,14+,16-,18+,19+,20-,21+,22+;;;;/m11..../s1. The predicted octanol–water partition coefficient (Wildman–Crippen LogP) is 8.42. The molecule has 0 aromatic heterocycles. The maximum absolute atomic E-state index is 13.4. The van der Waals surface area contributed by atoms with Crippen molar-refractivity contribution in [3.05, 3.63) is 97.1 Å². The van der Waals surface area contributed by atoms with Crippen LogP contribution in [0.4, 0.5) is 0 Å². The minimum Gasteiger partial charge on any atom is -0.480 e. The average molecular weight is 1860 g/mol. The molecule has 2 amide bonds. The smallest absolute Gasteiger partial charge is 0.322 e. The van der Waals surface area contributed by atoms with E-state index in [4.69, 9.17) is 19.3 Å². The van der Waals surface area contributed by atoms with Gasteiger partial charge in [-0.25, -0.2) is 9.59 Å². The van der Waals surface area contributed by atoms with Crippen LogP contribution in [-0.4, -0.2) is 118 Å². The first-order valence-electron chi connectivity index (χ1n) is 28.3. The van der Waals surface area contributed by atoms with Crippen molar-refractivity contribution in [2.75, 3.05) is 26.3 Å². The van der Waals surface area contributed by atoms with Gasteiger partial charge in [-0.15, -0.1) is 37.1 Å². The number of benzene rings is 2. The molecule has 85 heavy (non-hydrogen) atoms. The van der Waals surface area contributed by atoms with Crippen molar-refractivity contribution < 1.29 is 86.2 Å². The number of aliphatic hydroxyl groups is 3. The molecule has 0 heterocycles. The third kappa shape index (κ3) is 17.3. The zero-order valence-electron chi connectivity index (χ0n) is 49.6. The first-order chi connectivity index (χ1) is 39.6. The van der Waals surface area contributed by atoms with Gasteiger partial charge in [0.2, 0.25) is 0 Å². The molecule has 0 aliphatic heterocycles. The molecule has 2 aromatic rings. The second-order valence-corrected chi connectivity index (χ2v) is 40.8. The fourth-order valence-corrected chi connectivity index (χ4v) is 15.6. The van der Waals surface area contributed by atoms with E-state index in [1.807, 2.05) is 20.8 Å². The maximum atomic E-state index is 13.4. The summed E-state index contributed by atoms with van der Waals surface area (Å²) in [6, 6.07) is 16.9. The van der Waals surface area contributed by atoms with Gasteiger partial charge < -0.3 is 45.3 Å². The molecule has 6 N–H and O–H groups in total. The van der Waals surface area contributed by atoms with Crippen LogP contribution in [0.3, 0.4) is 0 Å². The zero-order valence-corrected chi connectivity index (χ0v) is 62.7. The van der Waals surface area contributed by atoms with Gasteiger partial charge in [0.1, 0.15) is 43.5 Å². The van der Waals surface area contributed by atoms with Crippen LogP contribution in [0, 0.1) is 68.0 Å². The van der Waals surface area contributed by atoms with Crippen molar-refractivity contribution in [1.29, 1.82) is 0 Å². The van der Waals surface area contributed by atoms with Gasteiger partial charge in [0.05, 0.1) is 12.2 Å². The number of nitrogens with one attached hydrogen (secondary N) is 2. The fraction of sp³-hybridized carbons (Fsp3) is 0.613. The molecule has 0 unspecified atom stereocenters. The molecular weight excluding hydrogens is 1770 g/mol. The minimum absolute atomic E-state index is 0. The van der Waals surface area contributed by atoms with Gasteiger partial charge in [-0.3, -0.25) is 28.8 Å². The Bertz CT molecular complexity index is 2660. The number of ketones is 2. The van der Waals surface area contributed by atoms with Crippen molar-refractivity contribution in [2.24, 2.45) is 68.0 Å². The van der Waals surface area contributed by atoms with Crippen molar-refractivity contribution in [1.82, 2.24) is 10.6 Å². The Balaban J connectivity index is 0.000000355. The summed E-state index contributed by atoms with van der Waals surface area (Å²) in [7, 11) is 0. The molecule has 2 aromatic carbocycles. The largest absolute Gasteiger partial charge is 0.480 e. The van der Waals surface area contributed by atoms with E-state index >= 15 is 0 Å². The quantitative estimate of drug-likeness (QED) is 0.0476. The fourth-order valence-electron chi connectivity index (χ4n) is 15.6. The number of Topliss-reactive ketones (excluding diaryl/α,β-unsaturated/α-hetero) is 2. The summed E-state index contributed by atoms with van der Waals surface area (Å²) in [5.41, 5.74) is -2.31. The number of esters is 3. The number of hydrogen-bond donors (Lipinski definition) is 6. The summed E-state index contributed by atoms with van der Waals surface area (Å²) < 4.78 is 16.8. The molecule has 16 atom stereocenters. The molecule has 8 rings (SSSR count). The van der Waals surface area contributed by atoms with E-state index in [9.17, 15) is 53.7 Å². The first-order valence-corrected chi connectivity index (χ1v) is 47.2. The number of ether oxygens (including phenoxy) is 3. The predicted molar refractivity (Wildman–Crippen MR) is 364 cm³/mol. The number of carbonyl (C=O) groups excluding carboxylic acids is 7. The zero-order chi connectivity index (χ0) is 63.2. The molecule has 17 nitrogen and oxygen atoms in total. The third-order valence-electron chi connectivity index (χ3n) is 20.3. The number of halogens is 6. The molecule has 23 heteroatoms. The van der Waals surface area contributed by atoms with Gasteiger partial charge in [0, 0.05) is 94.7 Å². The molecule has 6 fully saturated rings. The number of hydrogen-bond acceptors (Lipinski definition) is 14. The second kappa shape index (κ2) is 34.1. The second-order valence-electron chi connectivity index (χ2n) is 24.5. The van der Waals surface area contributed by atoms with E-state index in [2.05, 4.69) is 133 Å². The molecule has 0 radical (unpaired) electrons. The molecule has 6 saturated carbocycles. The monoisotopic (exact) mass is 1860 g/mol. The number of aliphatic hydroxyl groups excluding tert-OH is 3. The number of carbonyl (C=O) groups is 8. The summed E-state index contributed by atoms with van der Waals surface area (Å²) >= 11 is 9.54. The average Bonchev–Trinajstić information content (AvgIpc) is 2.40. The van der Waals surface area contributed by atoms with E-state index in [1.165, 1.54) is 0 Å². The van der Waals surface area contributed by atoms with Crippen molar-refractivity contribution >= 4 is 146 Å². The van der Waals surface area contributed by atoms with Gasteiger partial charge in [-0.05, 0) is 110 Å². The molecule has 6 aliphatic carbocycles. The van der Waals surface area contributed by atoms with E-state index in [0.29, 0.717) is 68.8 Å². The van der Waals surface area contributed by atoms with Crippen LogP contribution in [0.25, 0.3) is 0 Å². The minimum atomic E-state index is -1.05. The van der Waals surface area contributed by atoms with Crippen LogP contribution in [-0.2, 0) is 43.0 Å². The van der Waals surface area contributed by atoms with Crippen LogP contribution in [0.5, 0.6) is 0 Å². The number of rotatable bonds is 13. The first kappa shape index (κ1) is 77.6. The Hall–Kier alpha value is -1.66. The van der Waals surface area contributed by atoms with Crippen LogP contribution in [0.15, 0.2) is 86.0 Å². The topological polar surface area (TPSA) is 269 Å². The van der Waals surface area contributed by atoms with Gasteiger partial charge in [0.25, 0.3) is 11.8 Å². The number of aliphatic carboxylic acids is 1. The molecule has 0 spiro atoms. The molecule has 4 bridgehead atoms. The Labute approximate surface area is 571 Å². The Kier molecular flexibility index (Phi) is 31.2. The van der Waals surface area contributed by atoms with E-state index in [-0.39, 0.29) is 88.4 Å². The summed E-state index contributed by atoms with van der Waals surface area (Å²) in [6.07, 6.45) is 7.35. The molecular formula is C62H85I6N2O15-. The maximum Gasteiger partial charge on any atom is 0.322 e. The summed E-state index contributed by atoms with van der Waals surface area (Å²) in [5, 5.41) is 45.3. The Morgan fingerprint density at radius 2 is 1.00 bits per heavy atom. The van der Waals surface area contributed by atoms with Crippen LogP contribution in [0.1, 0.15) is 140 Å². The van der Waals surface area contributed by atoms with Crippen molar-refractivity contribution in [3.63, 3.8) is 0 Å². The van der Waals surface area contributed by atoms with Crippen LogP contribution < -0.4 is 23.9 Å². The van der Waals surface area contributed by atoms with Crippen molar-refractivity contribution in [3.8, 4) is 0 Å².